The standard InChI is InChI=1S/C10H18ClNO2/c1-10(2)5-3-7(4-6-10)8(12-11)9(13)14/h7-8,12H,3-6H2,1-2H3,(H,13,14)/t8-/m0/s1. The van der Waals surface area contributed by atoms with Gasteiger partial charge >= 0.3 is 5.97 Å². The van der Waals surface area contributed by atoms with Crippen LogP contribution in [0.15, 0.2) is 0 Å². The number of hydrogen-bond donors (Lipinski definition) is 2. The van der Waals surface area contributed by atoms with Crippen LogP contribution in [0.1, 0.15) is 39.5 Å². The zero-order valence-electron chi connectivity index (χ0n) is 8.72. The summed E-state index contributed by atoms with van der Waals surface area (Å²) in [4.78, 5) is 13.2. The summed E-state index contributed by atoms with van der Waals surface area (Å²) in [5, 5.41) is 8.91. The summed E-state index contributed by atoms with van der Waals surface area (Å²) in [6, 6.07) is -0.590. The molecule has 14 heavy (non-hydrogen) atoms. The fraction of sp³-hybridized carbons (Fsp3) is 0.900. The molecule has 1 fully saturated rings. The molecule has 1 saturated carbocycles. The van der Waals surface area contributed by atoms with Crippen LogP contribution in [0, 0.1) is 11.3 Å². The van der Waals surface area contributed by atoms with Crippen LogP contribution in [0.3, 0.4) is 0 Å². The number of hydrogen-bond acceptors (Lipinski definition) is 2. The molecular formula is C10H18ClNO2. The second kappa shape index (κ2) is 4.49. The maximum atomic E-state index is 10.8. The Morgan fingerprint density at radius 2 is 2.00 bits per heavy atom. The van der Waals surface area contributed by atoms with E-state index in [0.717, 1.165) is 25.7 Å². The van der Waals surface area contributed by atoms with Gasteiger partial charge in [-0.2, -0.15) is 0 Å². The molecular weight excluding hydrogens is 202 g/mol. The van der Waals surface area contributed by atoms with Crippen molar-refractivity contribution in [1.82, 2.24) is 4.84 Å². The van der Waals surface area contributed by atoms with Gasteiger partial charge in [0.1, 0.15) is 6.04 Å². The van der Waals surface area contributed by atoms with Crippen LogP contribution in [0.4, 0.5) is 0 Å². The zero-order valence-corrected chi connectivity index (χ0v) is 9.47. The fourth-order valence-electron chi connectivity index (χ4n) is 2.09. The Kier molecular flexibility index (Phi) is 3.78. The van der Waals surface area contributed by atoms with E-state index in [1.807, 2.05) is 0 Å². The van der Waals surface area contributed by atoms with Crippen molar-refractivity contribution in [2.45, 2.75) is 45.6 Å². The van der Waals surface area contributed by atoms with Gasteiger partial charge in [-0.05, 0) is 48.8 Å². The summed E-state index contributed by atoms with van der Waals surface area (Å²) >= 11 is 5.44. The molecule has 0 spiro atoms. The molecule has 0 aromatic carbocycles. The van der Waals surface area contributed by atoms with Crippen LogP contribution in [-0.4, -0.2) is 17.1 Å². The minimum Gasteiger partial charge on any atom is -0.480 e. The lowest BCUT2D eigenvalue weighted by molar-refractivity contribution is -0.141. The minimum atomic E-state index is -0.843. The largest absolute Gasteiger partial charge is 0.480 e. The van der Waals surface area contributed by atoms with Crippen molar-refractivity contribution in [3.63, 3.8) is 0 Å². The van der Waals surface area contributed by atoms with Gasteiger partial charge < -0.3 is 5.11 Å². The van der Waals surface area contributed by atoms with Crippen LogP contribution in [0.25, 0.3) is 0 Å². The lowest BCUT2D eigenvalue weighted by Crippen LogP contribution is -2.40. The first-order chi connectivity index (χ1) is 6.46. The van der Waals surface area contributed by atoms with Gasteiger partial charge in [0.15, 0.2) is 0 Å². The van der Waals surface area contributed by atoms with Gasteiger partial charge in [-0.3, -0.25) is 4.79 Å². The molecule has 0 amide bonds. The second-order valence-electron chi connectivity index (χ2n) is 4.93. The first-order valence-electron chi connectivity index (χ1n) is 5.05. The fourth-order valence-corrected chi connectivity index (χ4v) is 2.36. The van der Waals surface area contributed by atoms with E-state index >= 15 is 0 Å². The van der Waals surface area contributed by atoms with Crippen molar-refractivity contribution < 1.29 is 9.90 Å². The number of aliphatic carboxylic acids is 1. The lowest BCUT2D eigenvalue weighted by Gasteiger charge is -2.36. The van der Waals surface area contributed by atoms with Gasteiger partial charge in [0, 0.05) is 0 Å². The average Bonchev–Trinajstić information content (AvgIpc) is 2.08. The van der Waals surface area contributed by atoms with Crippen LogP contribution in [0.5, 0.6) is 0 Å². The smallest absolute Gasteiger partial charge is 0.322 e. The van der Waals surface area contributed by atoms with E-state index in [4.69, 9.17) is 16.9 Å². The Labute approximate surface area is 89.9 Å². The molecule has 0 unspecified atom stereocenters. The Bertz CT molecular complexity index is 208. The summed E-state index contributed by atoms with van der Waals surface area (Å²) < 4.78 is 0. The lowest BCUT2D eigenvalue weighted by atomic mass is 9.71. The summed E-state index contributed by atoms with van der Waals surface area (Å²) in [7, 11) is 0. The molecule has 82 valence electrons. The molecule has 0 aliphatic heterocycles. The van der Waals surface area contributed by atoms with E-state index in [0.29, 0.717) is 5.41 Å². The summed E-state index contributed by atoms with van der Waals surface area (Å²) in [6.07, 6.45) is 4.06. The number of rotatable bonds is 3. The number of carboxylic acid groups (broad SMARTS) is 1. The molecule has 1 atom stereocenters. The van der Waals surface area contributed by atoms with E-state index in [1.54, 1.807) is 0 Å². The van der Waals surface area contributed by atoms with Gasteiger partial charge in [0.2, 0.25) is 0 Å². The number of halogens is 1. The van der Waals surface area contributed by atoms with Crippen molar-refractivity contribution >= 4 is 17.7 Å². The average molecular weight is 220 g/mol. The predicted molar refractivity (Wildman–Crippen MR) is 56.2 cm³/mol. The van der Waals surface area contributed by atoms with Crippen LogP contribution in [-0.2, 0) is 4.79 Å². The highest BCUT2D eigenvalue weighted by molar-refractivity contribution is 6.14. The summed E-state index contributed by atoms with van der Waals surface area (Å²) in [5.74, 6) is -0.664. The van der Waals surface area contributed by atoms with Gasteiger partial charge in [-0.1, -0.05) is 13.8 Å². The molecule has 0 bridgehead atoms. The Morgan fingerprint density at radius 3 is 2.36 bits per heavy atom. The van der Waals surface area contributed by atoms with E-state index in [2.05, 4.69) is 18.7 Å². The third-order valence-corrected chi connectivity index (χ3v) is 3.47. The van der Waals surface area contributed by atoms with Crippen LogP contribution in [0.2, 0.25) is 0 Å². The number of nitrogens with one attached hydrogen (secondary N) is 1. The highest BCUT2D eigenvalue weighted by Gasteiger charge is 2.34. The SMILES string of the molecule is CC1(C)CCC([C@H](NCl)C(=O)O)CC1. The van der Waals surface area contributed by atoms with Gasteiger partial charge in [0.05, 0.1) is 0 Å². The molecule has 4 heteroatoms. The molecule has 2 N–H and O–H groups in total. The number of carboxylic acids is 1. The quantitative estimate of drug-likeness (QED) is 0.717. The van der Waals surface area contributed by atoms with Gasteiger partial charge in [-0.15, -0.1) is 0 Å². The molecule has 1 aliphatic carbocycles. The van der Waals surface area contributed by atoms with Gasteiger partial charge in [-0.25, -0.2) is 4.84 Å². The Morgan fingerprint density at radius 1 is 1.50 bits per heavy atom. The molecule has 0 aromatic rings. The van der Waals surface area contributed by atoms with E-state index in [-0.39, 0.29) is 5.92 Å². The summed E-state index contributed by atoms with van der Waals surface area (Å²) in [6.45, 7) is 4.46. The molecule has 0 aromatic heterocycles. The van der Waals surface area contributed by atoms with Crippen molar-refractivity contribution in [1.29, 1.82) is 0 Å². The van der Waals surface area contributed by atoms with Crippen LogP contribution >= 0.6 is 11.8 Å². The topological polar surface area (TPSA) is 49.3 Å². The first-order valence-corrected chi connectivity index (χ1v) is 5.43. The highest BCUT2D eigenvalue weighted by atomic mass is 35.5. The van der Waals surface area contributed by atoms with E-state index in [1.165, 1.54) is 0 Å². The van der Waals surface area contributed by atoms with Crippen molar-refractivity contribution in [2.75, 3.05) is 0 Å². The Hall–Kier alpha value is -0.280. The highest BCUT2D eigenvalue weighted by Crippen LogP contribution is 2.39. The van der Waals surface area contributed by atoms with Crippen molar-refractivity contribution in [2.24, 2.45) is 11.3 Å². The van der Waals surface area contributed by atoms with E-state index in [9.17, 15) is 4.79 Å². The van der Waals surface area contributed by atoms with Crippen LogP contribution < -0.4 is 4.84 Å². The number of carbonyl (C=O) groups is 1. The minimum absolute atomic E-state index is 0.179. The van der Waals surface area contributed by atoms with E-state index < -0.39 is 12.0 Å². The normalized spacial score (nSPS) is 24.5. The molecule has 3 nitrogen and oxygen atoms in total. The molecule has 0 saturated heterocycles. The van der Waals surface area contributed by atoms with Crippen molar-refractivity contribution in [3.8, 4) is 0 Å². The third kappa shape index (κ3) is 2.85. The molecule has 0 radical (unpaired) electrons. The van der Waals surface area contributed by atoms with Crippen molar-refractivity contribution in [3.05, 3.63) is 0 Å². The molecule has 1 aliphatic rings. The summed E-state index contributed by atoms with van der Waals surface area (Å²) in [5.41, 5.74) is 0.367. The van der Waals surface area contributed by atoms with Gasteiger partial charge in [0.25, 0.3) is 0 Å². The Balaban J connectivity index is 2.51. The maximum absolute atomic E-state index is 10.8. The predicted octanol–water partition coefficient (Wildman–Crippen LogP) is 2.40. The zero-order chi connectivity index (χ0) is 10.8. The molecule has 1 rings (SSSR count). The first kappa shape index (κ1) is 11.8. The molecule has 0 heterocycles. The monoisotopic (exact) mass is 219 g/mol. The maximum Gasteiger partial charge on any atom is 0.322 e. The third-order valence-electron chi connectivity index (χ3n) is 3.24. The second-order valence-corrected chi connectivity index (χ2v) is 5.14.